The van der Waals surface area contributed by atoms with Crippen molar-refractivity contribution in [2.45, 2.75) is 19.4 Å². The fraction of sp³-hybridized carbons (Fsp3) is 0.308. The maximum atomic E-state index is 9.72. The van der Waals surface area contributed by atoms with Gasteiger partial charge in [0.1, 0.15) is 11.6 Å². The predicted molar refractivity (Wildman–Crippen MR) is 64.9 cm³/mol. The summed E-state index contributed by atoms with van der Waals surface area (Å²) in [5, 5.41) is 13.0. The van der Waals surface area contributed by atoms with Gasteiger partial charge in [-0.15, -0.1) is 0 Å². The number of imidazole rings is 1. The summed E-state index contributed by atoms with van der Waals surface area (Å²) in [5.41, 5.74) is 3.25. The van der Waals surface area contributed by atoms with Gasteiger partial charge in [0, 0.05) is 31.5 Å². The highest BCUT2D eigenvalue weighted by atomic mass is 16.3. The van der Waals surface area contributed by atoms with Crippen LogP contribution in [0.4, 0.5) is 0 Å². The van der Waals surface area contributed by atoms with Crippen molar-refractivity contribution < 1.29 is 5.11 Å². The zero-order valence-corrected chi connectivity index (χ0v) is 9.53. The number of nitrogens with zero attached hydrogens (tertiary/aromatic N) is 1. The number of phenols is 1. The van der Waals surface area contributed by atoms with Crippen molar-refractivity contribution >= 4 is 0 Å². The normalized spacial score (nSPS) is 14.6. The number of aromatic amines is 1. The minimum Gasteiger partial charge on any atom is -0.508 e. The predicted octanol–water partition coefficient (Wildman–Crippen LogP) is 1.35. The quantitative estimate of drug-likeness (QED) is 0.728. The summed E-state index contributed by atoms with van der Waals surface area (Å²) >= 11 is 0. The Kier molecular flexibility index (Phi) is 2.57. The molecule has 0 unspecified atom stereocenters. The first kappa shape index (κ1) is 10.4. The molecule has 3 rings (SSSR count). The van der Waals surface area contributed by atoms with Crippen molar-refractivity contribution in [1.29, 1.82) is 0 Å². The highest BCUT2D eigenvalue weighted by Crippen LogP contribution is 2.20. The van der Waals surface area contributed by atoms with Crippen LogP contribution in [0.15, 0.2) is 24.3 Å². The number of phenolic OH excluding ortho intramolecular Hbond substituents is 1. The molecule has 0 atom stereocenters. The minimum absolute atomic E-state index is 0.333. The maximum absolute atomic E-state index is 9.72. The Balaban J connectivity index is 1.86. The number of aromatic hydroxyl groups is 1. The molecule has 0 saturated heterocycles. The van der Waals surface area contributed by atoms with E-state index in [0.717, 1.165) is 36.6 Å². The van der Waals surface area contributed by atoms with Gasteiger partial charge in [0.05, 0.1) is 11.4 Å². The zero-order chi connectivity index (χ0) is 11.7. The zero-order valence-electron chi connectivity index (χ0n) is 9.53. The molecule has 0 fully saturated rings. The van der Waals surface area contributed by atoms with Gasteiger partial charge >= 0.3 is 0 Å². The molecule has 1 aliphatic heterocycles. The van der Waals surface area contributed by atoms with E-state index in [1.807, 2.05) is 18.2 Å². The van der Waals surface area contributed by atoms with Gasteiger partial charge in [-0.3, -0.25) is 0 Å². The molecule has 1 aromatic carbocycles. The molecule has 0 radical (unpaired) electrons. The van der Waals surface area contributed by atoms with Gasteiger partial charge < -0.3 is 15.4 Å². The van der Waals surface area contributed by atoms with E-state index < -0.39 is 0 Å². The third-order valence-electron chi connectivity index (χ3n) is 3.10. The third kappa shape index (κ3) is 2.03. The number of fused-ring (bicyclic) bond motifs is 1. The highest BCUT2D eigenvalue weighted by molar-refractivity contribution is 5.34. The number of H-pyrrole nitrogens is 1. The number of rotatable bonds is 2. The number of hydrogen-bond acceptors (Lipinski definition) is 3. The van der Waals surface area contributed by atoms with E-state index >= 15 is 0 Å². The van der Waals surface area contributed by atoms with Crippen molar-refractivity contribution in [3.63, 3.8) is 0 Å². The van der Waals surface area contributed by atoms with Crippen molar-refractivity contribution in [3.8, 4) is 5.75 Å². The molecule has 1 aromatic heterocycles. The first-order chi connectivity index (χ1) is 8.33. The fourth-order valence-electron chi connectivity index (χ4n) is 2.20. The van der Waals surface area contributed by atoms with E-state index in [1.54, 1.807) is 6.07 Å². The number of aromatic nitrogens is 2. The van der Waals surface area contributed by atoms with E-state index in [2.05, 4.69) is 15.3 Å². The Morgan fingerprint density at radius 3 is 3.00 bits per heavy atom. The van der Waals surface area contributed by atoms with Gasteiger partial charge in [0.2, 0.25) is 0 Å². The first-order valence-corrected chi connectivity index (χ1v) is 5.87. The molecule has 1 aliphatic rings. The molecule has 0 saturated carbocycles. The average Bonchev–Trinajstić information content (AvgIpc) is 2.74. The Morgan fingerprint density at radius 1 is 1.29 bits per heavy atom. The van der Waals surface area contributed by atoms with E-state index in [4.69, 9.17) is 0 Å². The van der Waals surface area contributed by atoms with Crippen LogP contribution in [-0.4, -0.2) is 21.6 Å². The van der Waals surface area contributed by atoms with Crippen LogP contribution in [0.5, 0.6) is 5.75 Å². The molecule has 4 heteroatoms. The Bertz CT molecular complexity index is 510. The van der Waals surface area contributed by atoms with Crippen molar-refractivity contribution in [1.82, 2.24) is 15.3 Å². The summed E-state index contributed by atoms with van der Waals surface area (Å²) in [6.45, 7) is 1.86. The molecular weight excluding hydrogens is 214 g/mol. The molecule has 88 valence electrons. The van der Waals surface area contributed by atoms with E-state index in [1.165, 1.54) is 5.69 Å². The Labute approximate surface area is 99.7 Å². The number of hydrogen-bond donors (Lipinski definition) is 3. The van der Waals surface area contributed by atoms with Gasteiger partial charge in [-0.25, -0.2) is 4.98 Å². The second-order valence-corrected chi connectivity index (χ2v) is 4.34. The molecule has 17 heavy (non-hydrogen) atoms. The summed E-state index contributed by atoms with van der Waals surface area (Å²) in [7, 11) is 0. The largest absolute Gasteiger partial charge is 0.508 e. The summed E-state index contributed by atoms with van der Waals surface area (Å²) < 4.78 is 0. The number of benzene rings is 1. The van der Waals surface area contributed by atoms with Gasteiger partial charge in [0.15, 0.2) is 0 Å². The van der Waals surface area contributed by atoms with Crippen LogP contribution in [0, 0.1) is 0 Å². The van der Waals surface area contributed by atoms with Gasteiger partial charge in [-0.05, 0) is 6.07 Å². The summed E-state index contributed by atoms with van der Waals surface area (Å²) in [5.74, 6) is 1.26. The summed E-state index contributed by atoms with van der Waals surface area (Å²) in [4.78, 5) is 7.91. The first-order valence-electron chi connectivity index (χ1n) is 5.87. The van der Waals surface area contributed by atoms with Crippen LogP contribution in [0.1, 0.15) is 22.8 Å². The smallest absolute Gasteiger partial charge is 0.119 e. The lowest BCUT2D eigenvalue weighted by molar-refractivity contribution is 0.469. The molecule has 0 spiro atoms. The monoisotopic (exact) mass is 229 g/mol. The fourth-order valence-corrected chi connectivity index (χ4v) is 2.20. The number of nitrogens with one attached hydrogen (secondary N) is 2. The SMILES string of the molecule is Oc1ccccc1Cc1nc2c([nH]1)CNCC2. The van der Waals surface area contributed by atoms with Crippen LogP contribution in [0.2, 0.25) is 0 Å². The van der Waals surface area contributed by atoms with Crippen LogP contribution < -0.4 is 5.32 Å². The standard InChI is InChI=1S/C13H15N3O/c17-12-4-2-1-3-9(12)7-13-15-10-5-6-14-8-11(10)16-13/h1-4,14,17H,5-8H2,(H,15,16). The van der Waals surface area contributed by atoms with E-state index in [9.17, 15) is 5.11 Å². The van der Waals surface area contributed by atoms with Gasteiger partial charge in [-0.2, -0.15) is 0 Å². The topological polar surface area (TPSA) is 60.9 Å². The highest BCUT2D eigenvalue weighted by Gasteiger charge is 2.14. The molecule has 0 aliphatic carbocycles. The Morgan fingerprint density at radius 2 is 2.18 bits per heavy atom. The van der Waals surface area contributed by atoms with E-state index in [-0.39, 0.29) is 0 Å². The van der Waals surface area contributed by atoms with Crippen molar-refractivity contribution in [3.05, 3.63) is 47.0 Å². The summed E-state index contributed by atoms with van der Waals surface area (Å²) in [6, 6.07) is 7.39. The van der Waals surface area contributed by atoms with Crippen LogP contribution in [0.25, 0.3) is 0 Å². The summed E-state index contributed by atoms with van der Waals surface area (Å²) in [6.07, 6.45) is 1.63. The average molecular weight is 229 g/mol. The van der Waals surface area contributed by atoms with Crippen LogP contribution in [-0.2, 0) is 19.4 Å². The van der Waals surface area contributed by atoms with Crippen LogP contribution >= 0.6 is 0 Å². The maximum Gasteiger partial charge on any atom is 0.119 e. The molecule has 4 nitrogen and oxygen atoms in total. The molecule has 0 bridgehead atoms. The molecule has 0 amide bonds. The molecular formula is C13H15N3O. The van der Waals surface area contributed by atoms with Gasteiger partial charge in [0.25, 0.3) is 0 Å². The lowest BCUT2D eigenvalue weighted by atomic mass is 10.1. The molecule has 3 N–H and O–H groups in total. The van der Waals surface area contributed by atoms with Crippen molar-refractivity contribution in [2.75, 3.05) is 6.54 Å². The third-order valence-corrected chi connectivity index (χ3v) is 3.10. The lowest BCUT2D eigenvalue weighted by Crippen LogP contribution is -2.23. The minimum atomic E-state index is 0.333. The van der Waals surface area contributed by atoms with E-state index in [0.29, 0.717) is 12.2 Å². The number of para-hydroxylation sites is 1. The van der Waals surface area contributed by atoms with Gasteiger partial charge in [-0.1, -0.05) is 18.2 Å². The second kappa shape index (κ2) is 4.22. The molecule has 2 heterocycles. The van der Waals surface area contributed by atoms with Crippen molar-refractivity contribution in [2.24, 2.45) is 0 Å². The second-order valence-electron chi connectivity index (χ2n) is 4.34. The lowest BCUT2D eigenvalue weighted by Gasteiger charge is -2.09. The molecule has 2 aromatic rings. The Hall–Kier alpha value is -1.81. The van der Waals surface area contributed by atoms with Crippen LogP contribution in [0.3, 0.4) is 0 Å².